The van der Waals surface area contributed by atoms with Gasteiger partial charge in [0.1, 0.15) is 0 Å². The van der Waals surface area contributed by atoms with Crippen molar-refractivity contribution in [2.45, 2.75) is 31.8 Å². The van der Waals surface area contributed by atoms with Crippen LogP contribution in [0, 0.1) is 0 Å². The smallest absolute Gasteiger partial charge is 0.212 e. The van der Waals surface area contributed by atoms with Crippen LogP contribution in [0.5, 0.6) is 5.88 Å². The summed E-state index contributed by atoms with van der Waals surface area (Å²) < 4.78 is 10.6. The predicted molar refractivity (Wildman–Crippen MR) is 103 cm³/mol. The molecule has 7 heteroatoms. The van der Waals surface area contributed by atoms with Crippen LogP contribution >= 0.6 is 0 Å². The van der Waals surface area contributed by atoms with Crippen molar-refractivity contribution in [3.63, 3.8) is 0 Å². The van der Waals surface area contributed by atoms with E-state index in [4.69, 9.17) is 9.47 Å². The Bertz CT molecular complexity index is 711. The number of nitrogens with one attached hydrogen (secondary N) is 1. The molecule has 2 aromatic rings. The van der Waals surface area contributed by atoms with E-state index >= 15 is 0 Å². The van der Waals surface area contributed by atoms with Gasteiger partial charge in [-0.3, -0.25) is 14.9 Å². The van der Waals surface area contributed by atoms with Gasteiger partial charge < -0.3 is 9.47 Å². The molecule has 1 atom stereocenters. The van der Waals surface area contributed by atoms with E-state index in [0.29, 0.717) is 11.8 Å². The molecule has 0 aliphatic carbocycles. The Morgan fingerprint density at radius 1 is 1.15 bits per heavy atom. The SMILES string of the molecule is COc1ccc(CN2CCC[C@@H](c3[nH]ncc3CN3CCOCC3)C2)cn1. The summed E-state index contributed by atoms with van der Waals surface area (Å²) in [6, 6.07) is 4.04. The number of hydrogen-bond donors (Lipinski definition) is 1. The molecule has 2 aromatic heterocycles. The van der Waals surface area contributed by atoms with Gasteiger partial charge in [-0.05, 0) is 24.9 Å². The van der Waals surface area contributed by atoms with E-state index in [1.165, 1.54) is 29.7 Å². The maximum absolute atomic E-state index is 5.47. The summed E-state index contributed by atoms with van der Waals surface area (Å²) in [5.74, 6) is 1.18. The minimum absolute atomic E-state index is 0.517. The molecule has 146 valence electrons. The molecule has 4 heterocycles. The Balaban J connectivity index is 1.38. The van der Waals surface area contributed by atoms with Crippen molar-refractivity contribution < 1.29 is 9.47 Å². The second kappa shape index (κ2) is 8.82. The predicted octanol–water partition coefficient (Wildman–Crippen LogP) is 2.03. The molecular weight excluding hydrogens is 342 g/mol. The fourth-order valence-electron chi connectivity index (χ4n) is 4.12. The number of rotatable bonds is 6. The summed E-state index contributed by atoms with van der Waals surface area (Å²) in [4.78, 5) is 9.31. The van der Waals surface area contributed by atoms with Crippen LogP contribution in [-0.4, -0.2) is 71.5 Å². The Kier molecular flexibility index (Phi) is 6.01. The Morgan fingerprint density at radius 2 is 2.04 bits per heavy atom. The first-order chi connectivity index (χ1) is 13.3. The van der Waals surface area contributed by atoms with E-state index in [-0.39, 0.29) is 0 Å². The minimum atomic E-state index is 0.517. The van der Waals surface area contributed by atoms with Crippen molar-refractivity contribution in [3.8, 4) is 5.88 Å². The molecule has 2 aliphatic heterocycles. The van der Waals surface area contributed by atoms with Gasteiger partial charge in [0.05, 0.1) is 26.5 Å². The van der Waals surface area contributed by atoms with Crippen molar-refractivity contribution in [3.05, 3.63) is 41.3 Å². The third-order valence-corrected chi connectivity index (χ3v) is 5.58. The molecular formula is C20H29N5O2. The average Bonchev–Trinajstić information content (AvgIpc) is 3.18. The lowest BCUT2D eigenvalue weighted by atomic mass is 9.92. The van der Waals surface area contributed by atoms with Gasteiger partial charge in [0, 0.05) is 62.2 Å². The third-order valence-electron chi connectivity index (χ3n) is 5.58. The summed E-state index contributed by atoms with van der Waals surface area (Å²) in [6.07, 6.45) is 6.36. The van der Waals surface area contributed by atoms with E-state index in [1.54, 1.807) is 7.11 Å². The third kappa shape index (κ3) is 4.66. The number of nitrogens with zero attached hydrogens (tertiary/aromatic N) is 4. The zero-order valence-corrected chi connectivity index (χ0v) is 16.1. The van der Waals surface area contributed by atoms with Gasteiger partial charge >= 0.3 is 0 Å². The molecule has 2 fully saturated rings. The number of H-pyrrole nitrogens is 1. The summed E-state index contributed by atoms with van der Waals surface area (Å²) in [5, 5.41) is 7.67. The summed E-state index contributed by atoms with van der Waals surface area (Å²) >= 11 is 0. The summed E-state index contributed by atoms with van der Waals surface area (Å²) in [6.45, 7) is 7.77. The standard InChI is InChI=1S/C20H29N5O2/c1-26-19-5-4-16(11-21-19)13-25-6-2-3-17(14-25)20-18(12-22-23-20)15-24-7-9-27-10-8-24/h4-5,11-12,17H,2-3,6-10,13-15H2,1H3,(H,22,23)/t17-/m1/s1. The van der Waals surface area contributed by atoms with Crippen LogP contribution < -0.4 is 4.74 Å². The zero-order chi connectivity index (χ0) is 18.5. The van der Waals surface area contributed by atoms with Crippen LogP contribution in [0.3, 0.4) is 0 Å². The number of ether oxygens (including phenoxy) is 2. The van der Waals surface area contributed by atoms with E-state index < -0.39 is 0 Å². The van der Waals surface area contributed by atoms with E-state index in [1.807, 2.05) is 18.5 Å². The normalized spacial score (nSPS) is 22.0. The fraction of sp³-hybridized carbons (Fsp3) is 0.600. The van der Waals surface area contributed by atoms with Gasteiger partial charge in [0.15, 0.2) is 0 Å². The molecule has 0 aromatic carbocycles. The molecule has 1 N–H and O–H groups in total. The average molecular weight is 371 g/mol. The van der Waals surface area contributed by atoms with Crippen molar-refractivity contribution >= 4 is 0 Å². The van der Waals surface area contributed by atoms with Gasteiger partial charge in [0.25, 0.3) is 0 Å². The lowest BCUT2D eigenvalue weighted by molar-refractivity contribution is 0.0339. The summed E-state index contributed by atoms with van der Waals surface area (Å²) in [5.41, 5.74) is 3.89. The number of aromatic amines is 1. The highest BCUT2D eigenvalue weighted by Crippen LogP contribution is 2.29. The van der Waals surface area contributed by atoms with Crippen molar-refractivity contribution in [1.82, 2.24) is 25.0 Å². The van der Waals surface area contributed by atoms with E-state index in [0.717, 1.165) is 52.5 Å². The maximum Gasteiger partial charge on any atom is 0.212 e. The number of pyridine rings is 1. The first-order valence-corrected chi connectivity index (χ1v) is 9.85. The van der Waals surface area contributed by atoms with Gasteiger partial charge in [-0.2, -0.15) is 5.10 Å². The number of aromatic nitrogens is 3. The highest BCUT2D eigenvalue weighted by molar-refractivity contribution is 5.22. The quantitative estimate of drug-likeness (QED) is 0.838. The van der Waals surface area contributed by atoms with Gasteiger partial charge in [-0.25, -0.2) is 4.98 Å². The molecule has 2 aliphatic rings. The van der Waals surface area contributed by atoms with Crippen LogP contribution in [0.25, 0.3) is 0 Å². The maximum atomic E-state index is 5.47. The molecule has 0 saturated carbocycles. The second-order valence-corrected chi connectivity index (χ2v) is 7.48. The van der Waals surface area contributed by atoms with Crippen molar-refractivity contribution in [1.29, 1.82) is 0 Å². The number of methoxy groups -OCH3 is 1. The molecule has 0 bridgehead atoms. The number of hydrogen-bond acceptors (Lipinski definition) is 6. The van der Waals surface area contributed by atoms with Gasteiger partial charge in [0.2, 0.25) is 5.88 Å². The number of piperidine rings is 1. The molecule has 27 heavy (non-hydrogen) atoms. The topological polar surface area (TPSA) is 66.5 Å². The molecule has 0 unspecified atom stereocenters. The lowest BCUT2D eigenvalue weighted by Crippen LogP contribution is -2.37. The molecule has 2 saturated heterocycles. The second-order valence-electron chi connectivity index (χ2n) is 7.48. The fourth-order valence-corrected chi connectivity index (χ4v) is 4.12. The van der Waals surface area contributed by atoms with E-state index in [2.05, 4.69) is 31.0 Å². The molecule has 0 spiro atoms. The first-order valence-electron chi connectivity index (χ1n) is 9.85. The van der Waals surface area contributed by atoms with Crippen LogP contribution in [-0.2, 0) is 17.8 Å². The highest BCUT2D eigenvalue weighted by atomic mass is 16.5. The van der Waals surface area contributed by atoms with E-state index in [9.17, 15) is 0 Å². The summed E-state index contributed by atoms with van der Waals surface area (Å²) in [7, 11) is 1.65. The van der Waals surface area contributed by atoms with Gasteiger partial charge in [-0.15, -0.1) is 0 Å². The Hall–Kier alpha value is -1.96. The van der Waals surface area contributed by atoms with Crippen LogP contribution in [0.2, 0.25) is 0 Å². The largest absolute Gasteiger partial charge is 0.481 e. The molecule has 0 radical (unpaired) electrons. The van der Waals surface area contributed by atoms with Crippen LogP contribution in [0.15, 0.2) is 24.5 Å². The van der Waals surface area contributed by atoms with Gasteiger partial charge in [-0.1, -0.05) is 6.07 Å². The minimum Gasteiger partial charge on any atom is -0.481 e. The van der Waals surface area contributed by atoms with Crippen LogP contribution in [0.1, 0.15) is 35.6 Å². The van der Waals surface area contributed by atoms with Crippen molar-refractivity contribution in [2.75, 3.05) is 46.5 Å². The molecule has 0 amide bonds. The monoisotopic (exact) mass is 371 g/mol. The van der Waals surface area contributed by atoms with Crippen molar-refractivity contribution in [2.24, 2.45) is 0 Å². The number of likely N-dealkylation sites (tertiary alicyclic amines) is 1. The molecule has 7 nitrogen and oxygen atoms in total. The molecule has 4 rings (SSSR count). The van der Waals surface area contributed by atoms with Crippen LogP contribution in [0.4, 0.5) is 0 Å². The first kappa shape index (κ1) is 18.4. The number of morpholine rings is 1. The Labute approximate surface area is 160 Å². The zero-order valence-electron chi connectivity index (χ0n) is 16.1. The highest BCUT2D eigenvalue weighted by Gasteiger charge is 2.25. The lowest BCUT2D eigenvalue weighted by Gasteiger charge is -2.33. The Morgan fingerprint density at radius 3 is 2.81 bits per heavy atom.